The van der Waals surface area contributed by atoms with Crippen molar-refractivity contribution < 1.29 is 14.4 Å². The summed E-state index contributed by atoms with van der Waals surface area (Å²) in [5, 5.41) is 4.52. The average molecular weight is 1600 g/mol. The smallest absolute Gasteiger partial charge is 0.193 e. The van der Waals surface area contributed by atoms with Crippen molar-refractivity contribution in [1.29, 1.82) is 0 Å². The number of carbonyl (C=O) groups excluding carboxylic acids is 3. The normalized spacial score (nSPS) is 14.9. The number of hydrogen-bond acceptors (Lipinski definition) is 7. The van der Waals surface area contributed by atoms with Crippen LogP contribution in [0.5, 0.6) is 0 Å². The van der Waals surface area contributed by atoms with E-state index in [2.05, 4.69) is 317 Å². The fourth-order valence-electron chi connectivity index (χ4n) is 22.4. The molecule has 9 heterocycles. The van der Waals surface area contributed by atoms with Crippen LogP contribution < -0.4 is 0 Å². The van der Waals surface area contributed by atoms with Crippen molar-refractivity contribution in [1.82, 2.24) is 33.6 Å². The first-order valence-electron chi connectivity index (χ1n) is 42.7. The summed E-state index contributed by atoms with van der Waals surface area (Å²) in [5.41, 5.74) is 38.8. The van der Waals surface area contributed by atoms with Crippen molar-refractivity contribution in [2.75, 3.05) is 0 Å². The molecular formula is C114H81N7O3. The highest BCUT2D eigenvalue weighted by atomic mass is 16.1. The summed E-state index contributed by atoms with van der Waals surface area (Å²) >= 11 is 0. The van der Waals surface area contributed by atoms with E-state index in [0.29, 0.717) is 22.3 Å². The summed E-state index contributed by atoms with van der Waals surface area (Å²) in [6.45, 7) is 17.9. The van der Waals surface area contributed by atoms with Crippen molar-refractivity contribution in [2.24, 2.45) is 0 Å². The van der Waals surface area contributed by atoms with Crippen molar-refractivity contribution >= 4 is 83.0 Å². The van der Waals surface area contributed by atoms with Crippen molar-refractivity contribution in [3.63, 3.8) is 0 Å². The van der Waals surface area contributed by atoms with E-state index in [9.17, 15) is 14.4 Å². The van der Waals surface area contributed by atoms with Crippen LogP contribution in [-0.4, -0.2) is 51.0 Å². The maximum absolute atomic E-state index is 14.9. The average Bonchev–Trinajstić information content (AvgIpc) is 1.51. The molecule has 124 heavy (non-hydrogen) atoms. The summed E-state index contributed by atoms with van der Waals surface area (Å²) in [5.74, 6) is 0.121. The van der Waals surface area contributed by atoms with Gasteiger partial charge in [-0.25, -0.2) is 9.97 Å². The third kappa shape index (κ3) is 9.96. The predicted molar refractivity (Wildman–Crippen MR) is 499 cm³/mol. The number of carbonyl (C=O) groups is 3. The van der Waals surface area contributed by atoms with Gasteiger partial charge < -0.3 is 13.7 Å². The Labute approximate surface area is 717 Å². The van der Waals surface area contributed by atoms with E-state index in [1.54, 1.807) is 6.33 Å². The Morgan fingerprint density at radius 2 is 0.645 bits per heavy atom. The predicted octanol–water partition coefficient (Wildman–Crippen LogP) is 25.9. The summed E-state index contributed by atoms with van der Waals surface area (Å²) < 4.78 is 6.92. The van der Waals surface area contributed by atoms with E-state index >= 15 is 0 Å². The molecule has 10 heteroatoms. The first-order valence-corrected chi connectivity index (χ1v) is 42.7. The highest BCUT2D eigenvalue weighted by Gasteiger charge is 2.52. The van der Waals surface area contributed by atoms with Crippen LogP contribution in [-0.2, 0) is 27.1 Å². The Morgan fingerprint density at radius 3 is 1.21 bits per heavy atom. The maximum atomic E-state index is 14.9. The number of fused-ring (bicyclic) bond motifs is 28. The molecule has 0 fully saturated rings. The molecule has 14 aromatic carbocycles. The summed E-state index contributed by atoms with van der Waals surface area (Å²) in [7, 11) is 0. The molecule has 10 nitrogen and oxygen atoms in total. The zero-order valence-electron chi connectivity index (χ0n) is 69.8. The lowest BCUT2D eigenvalue weighted by molar-refractivity contribution is 0.103. The second-order valence-corrected chi connectivity index (χ2v) is 36.2. The van der Waals surface area contributed by atoms with Crippen molar-refractivity contribution in [3.05, 3.63) is 447 Å². The van der Waals surface area contributed by atoms with Gasteiger partial charge in [-0.3, -0.25) is 24.4 Å². The van der Waals surface area contributed by atoms with Gasteiger partial charge >= 0.3 is 0 Å². The molecule has 0 bridgehead atoms. The molecule has 0 unspecified atom stereocenters. The first kappa shape index (κ1) is 72.8. The lowest BCUT2D eigenvalue weighted by Gasteiger charge is -2.35. The highest BCUT2D eigenvalue weighted by molar-refractivity contribution is 6.19. The standard InChI is InChI=1S/C45H29N3O.C36H28N2O.C33H24N2O/c1-44(2)38-23-27(21-33-32-14-6-10-18-39(32)48(41(33)38)40-24-46-25-47-43(40)44)42(49)26-19-20-31-30-13-5-9-17-36(30)45(37(31)22-26)34-15-7-3-11-28(34)29-12-4-8-16-35(29)45;1-35(2)26-11-6-5-9-23(26)24-16-14-21(19-28(24)35)34(39)22-15-17-30-29(20-22)36(3,4)27-12-7-10-25-32-31(13-8-18-37-32)38(30)33(25)27;1-33(2)26-11-6-10-25-30-29(12-7-19-34-30)35(31(25)26)28-18-17-24(20-27(28)33)32(36)23-15-13-22(14-16-23)21-8-4-3-5-9-21/h3-25H,1-2H3;5-20H,1-4H3;3-20H,1-2H3. The van der Waals surface area contributed by atoms with Crippen LogP contribution in [0.2, 0.25) is 0 Å². The molecule has 3 aliphatic heterocycles. The van der Waals surface area contributed by atoms with E-state index in [0.717, 1.165) is 106 Å². The molecular weight excluding hydrogens is 1520 g/mol. The van der Waals surface area contributed by atoms with Gasteiger partial charge in [0.1, 0.15) is 6.33 Å². The topological polar surface area (TPSA) is 118 Å². The summed E-state index contributed by atoms with van der Waals surface area (Å²) in [6.07, 6.45) is 7.26. The molecule has 0 radical (unpaired) electrons. The van der Waals surface area contributed by atoms with Crippen LogP contribution >= 0.6 is 0 Å². The van der Waals surface area contributed by atoms with Gasteiger partial charge in [0.2, 0.25) is 0 Å². The molecule has 0 saturated heterocycles. The first-order chi connectivity index (χ1) is 60.3. The third-order valence-electron chi connectivity index (χ3n) is 28.4. The Balaban J connectivity index is 0.000000106. The SMILES string of the molecule is CC1(C)c2cc(C(=O)c3ccc(-c4ccccc4)cc3)ccc2-n2c3cccnc3c3cccc1c32.CC1(C)c2ccccc2-c2ccc(C(=O)c3ccc4c(c3)C(C)(C)c3cccc5c6ncccc6n-4c35)cc21.CC1(C)c2ncncc2-n2c3ccccc3c3cc(C(=O)c4ccc5c(c4)C4(c6ccccc6-c6ccccc64)c4ccccc4-5)cc1c32. The van der Waals surface area contributed by atoms with Gasteiger partial charge in [-0.15, -0.1) is 0 Å². The lowest BCUT2D eigenvalue weighted by Crippen LogP contribution is -2.28. The zero-order valence-corrected chi connectivity index (χ0v) is 69.8. The van der Waals surface area contributed by atoms with E-state index in [1.165, 1.54) is 99.7 Å². The Morgan fingerprint density at radius 1 is 0.258 bits per heavy atom. The Hall–Kier alpha value is -15.1. The van der Waals surface area contributed by atoms with Crippen molar-refractivity contribution in [2.45, 2.75) is 82.5 Å². The largest absolute Gasteiger partial charge is 0.307 e. The molecule has 0 N–H and O–H groups in total. The maximum Gasteiger partial charge on any atom is 0.193 e. The molecule has 0 amide bonds. The van der Waals surface area contributed by atoms with Gasteiger partial charge in [0.25, 0.3) is 0 Å². The minimum atomic E-state index is -0.496. The van der Waals surface area contributed by atoms with Crippen molar-refractivity contribution in [3.8, 4) is 61.6 Å². The van der Waals surface area contributed by atoms with Crippen LogP contribution in [0.1, 0.15) is 170 Å². The number of hydrogen-bond donors (Lipinski definition) is 0. The summed E-state index contributed by atoms with van der Waals surface area (Å²) in [4.78, 5) is 61.1. The number of aromatic nitrogens is 7. The van der Waals surface area contributed by atoms with E-state index in [-0.39, 0.29) is 33.6 Å². The fraction of sp³-hybridized carbons (Fsp3) is 0.114. The number of nitrogens with zero attached hydrogens (tertiary/aromatic N) is 7. The second-order valence-electron chi connectivity index (χ2n) is 36.2. The molecule has 6 aromatic heterocycles. The molecule has 3 aliphatic carbocycles. The van der Waals surface area contributed by atoms with Crippen LogP contribution in [0.25, 0.3) is 127 Å². The number of ketones is 3. The highest BCUT2D eigenvalue weighted by Crippen LogP contribution is 2.63. The summed E-state index contributed by atoms with van der Waals surface area (Å²) in [6, 6.07) is 112. The van der Waals surface area contributed by atoms with Gasteiger partial charge in [0.05, 0.1) is 78.5 Å². The number of pyridine rings is 2. The quantitative estimate of drug-likeness (QED) is 0.146. The number of benzene rings is 14. The van der Waals surface area contributed by atoms with Gasteiger partial charge in [-0.2, -0.15) is 0 Å². The Kier molecular flexibility index (Phi) is 15.4. The second kappa shape index (κ2) is 26.2. The minimum Gasteiger partial charge on any atom is -0.307 e. The van der Waals surface area contributed by atoms with Crippen LogP contribution in [0.15, 0.2) is 346 Å². The molecule has 20 aromatic rings. The van der Waals surface area contributed by atoms with E-state index < -0.39 is 10.8 Å². The number of rotatable bonds is 7. The minimum absolute atomic E-state index is 0.0211. The number of para-hydroxylation sites is 3. The monoisotopic (exact) mass is 1600 g/mol. The molecule has 26 rings (SSSR count). The molecule has 0 atom stereocenters. The lowest BCUT2D eigenvalue weighted by atomic mass is 9.70. The fourth-order valence-corrected chi connectivity index (χ4v) is 22.4. The van der Waals surface area contributed by atoms with Gasteiger partial charge in [-0.1, -0.05) is 272 Å². The van der Waals surface area contributed by atoms with Crippen LogP contribution in [0.3, 0.4) is 0 Å². The van der Waals surface area contributed by atoms with E-state index in [4.69, 9.17) is 15.0 Å². The Bertz CT molecular complexity index is 8060. The van der Waals surface area contributed by atoms with Gasteiger partial charge in [0.15, 0.2) is 17.3 Å². The zero-order chi connectivity index (χ0) is 83.8. The third-order valence-corrected chi connectivity index (χ3v) is 28.4. The molecule has 6 aliphatic rings. The molecule has 590 valence electrons. The molecule has 0 saturated carbocycles. The van der Waals surface area contributed by atoms with Crippen LogP contribution in [0, 0.1) is 0 Å². The van der Waals surface area contributed by atoms with E-state index in [1.807, 2.05) is 97.5 Å². The van der Waals surface area contributed by atoms with Gasteiger partial charge in [0, 0.05) is 89.0 Å². The molecule has 1 spiro atoms. The van der Waals surface area contributed by atoms with Crippen LogP contribution in [0.4, 0.5) is 0 Å². The van der Waals surface area contributed by atoms with Gasteiger partial charge in [-0.05, 0) is 211 Å².